The lowest BCUT2D eigenvalue weighted by Crippen LogP contribution is -2.19. The normalized spacial score (nSPS) is 13.4. The molecule has 0 saturated carbocycles. The fourth-order valence-electron chi connectivity index (χ4n) is 2.49. The van der Waals surface area contributed by atoms with E-state index in [0.29, 0.717) is 0 Å². The van der Waals surface area contributed by atoms with Crippen LogP contribution >= 0.6 is 0 Å². The molecule has 3 amide bonds. The van der Waals surface area contributed by atoms with Crippen LogP contribution in [0, 0.1) is 0 Å². The molecule has 0 atom stereocenters. The van der Waals surface area contributed by atoms with E-state index in [9.17, 15) is 27.6 Å². The Bertz CT molecular complexity index is 891. The number of benzene rings is 2. The molecule has 0 unspecified atom stereocenters. The Morgan fingerprint density at radius 3 is 2.44 bits per heavy atom. The molecule has 0 aromatic heterocycles. The van der Waals surface area contributed by atoms with Crippen molar-refractivity contribution < 1.29 is 27.6 Å². The largest absolute Gasteiger partial charge is 0.416 e. The average molecular weight is 348 g/mol. The van der Waals surface area contributed by atoms with Gasteiger partial charge >= 0.3 is 6.18 Å². The van der Waals surface area contributed by atoms with Gasteiger partial charge in [-0.25, -0.2) is 0 Å². The maximum absolute atomic E-state index is 12.7. The molecule has 0 radical (unpaired) electrons. The molecule has 0 spiro atoms. The first kappa shape index (κ1) is 16.7. The lowest BCUT2D eigenvalue weighted by atomic mass is 10.1. The van der Waals surface area contributed by atoms with Gasteiger partial charge in [-0.05, 0) is 29.8 Å². The van der Waals surface area contributed by atoms with E-state index in [-0.39, 0.29) is 28.8 Å². The summed E-state index contributed by atoms with van der Waals surface area (Å²) in [5.74, 6) is -1.61. The summed E-state index contributed by atoms with van der Waals surface area (Å²) < 4.78 is 38.0. The molecule has 2 N–H and O–H groups in total. The van der Waals surface area contributed by atoms with Crippen LogP contribution in [-0.2, 0) is 17.4 Å². The molecular formula is C17H11F3N2O3. The molecule has 0 saturated heterocycles. The predicted molar refractivity (Wildman–Crippen MR) is 82.0 cm³/mol. The van der Waals surface area contributed by atoms with Crippen molar-refractivity contribution in [3.05, 3.63) is 64.7 Å². The monoisotopic (exact) mass is 348 g/mol. The third-order valence-electron chi connectivity index (χ3n) is 3.64. The second-order valence-corrected chi connectivity index (χ2v) is 5.47. The summed E-state index contributed by atoms with van der Waals surface area (Å²) in [5.41, 5.74) is 0.00948. The molecule has 3 rings (SSSR count). The summed E-state index contributed by atoms with van der Waals surface area (Å²) in [6.07, 6.45) is -4.74. The Hall–Kier alpha value is -3.16. The molecule has 2 aromatic rings. The van der Waals surface area contributed by atoms with Crippen LogP contribution < -0.4 is 10.6 Å². The van der Waals surface area contributed by atoms with Gasteiger partial charge in [0.2, 0.25) is 5.91 Å². The molecule has 0 fully saturated rings. The average Bonchev–Trinajstić information content (AvgIpc) is 2.81. The van der Waals surface area contributed by atoms with E-state index < -0.39 is 29.5 Å². The van der Waals surface area contributed by atoms with Crippen molar-refractivity contribution >= 4 is 23.4 Å². The quantitative estimate of drug-likeness (QED) is 0.838. The van der Waals surface area contributed by atoms with E-state index in [1.165, 1.54) is 30.3 Å². The number of amides is 3. The van der Waals surface area contributed by atoms with Gasteiger partial charge in [0.15, 0.2) is 0 Å². The zero-order chi connectivity index (χ0) is 18.2. The molecule has 5 nitrogen and oxygen atoms in total. The molecule has 2 aromatic carbocycles. The first-order valence-electron chi connectivity index (χ1n) is 7.20. The lowest BCUT2D eigenvalue weighted by molar-refractivity contribution is -0.137. The molecular weight excluding hydrogens is 337 g/mol. The van der Waals surface area contributed by atoms with E-state index in [0.717, 1.165) is 12.1 Å². The molecule has 8 heteroatoms. The number of hydrogen-bond donors (Lipinski definition) is 2. The Kier molecular flexibility index (Phi) is 4.03. The highest BCUT2D eigenvalue weighted by molar-refractivity contribution is 6.22. The zero-order valence-electron chi connectivity index (χ0n) is 12.6. The summed E-state index contributed by atoms with van der Waals surface area (Å²) in [7, 11) is 0. The van der Waals surface area contributed by atoms with E-state index in [2.05, 4.69) is 10.6 Å². The van der Waals surface area contributed by atoms with Crippen LogP contribution in [-0.4, -0.2) is 17.7 Å². The van der Waals surface area contributed by atoms with Gasteiger partial charge in [0.05, 0.1) is 23.1 Å². The fraction of sp³-hybridized carbons (Fsp3) is 0.118. The highest BCUT2D eigenvalue weighted by Gasteiger charge is 2.30. The lowest BCUT2D eigenvalue weighted by Gasteiger charge is -2.09. The summed E-state index contributed by atoms with van der Waals surface area (Å²) >= 11 is 0. The first-order valence-corrected chi connectivity index (χ1v) is 7.20. The van der Waals surface area contributed by atoms with Crippen molar-refractivity contribution in [2.45, 2.75) is 12.6 Å². The molecule has 25 heavy (non-hydrogen) atoms. The number of rotatable bonds is 3. The maximum Gasteiger partial charge on any atom is 0.416 e. The molecule has 1 heterocycles. The Balaban J connectivity index is 1.73. The first-order chi connectivity index (χ1) is 11.7. The Labute approximate surface area is 139 Å². The van der Waals surface area contributed by atoms with Gasteiger partial charge in [-0.3, -0.25) is 19.7 Å². The van der Waals surface area contributed by atoms with E-state index in [4.69, 9.17) is 0 Å². The molecule has 0 bridgehead atoms. The van der Waals surface area contributed by atoms with Gasteiger partial charge in [0.25, 0.3) is 11.8 Å². The van der Waals surface area contributed by atoms with Gasteiger partial charge in [-0.1, -0.05) is 18.2 Å². The Morgan fingerprint density at radius 1 is 1.00 bits per heavy atom. The summed E-state index contributed by atoms with van der Waals surface area (Å²) in [6, 6.07) is 8.68. The highest BCUT2D eigenvalue weighted by atomic mass is 19.4. The van der Waals surface area contributed by atoms with Crippen LogP contribution in [0.4, 0.5) is 18.9 Å². The number of carbonyl (C=O) groups excluding carboxylic acids is 3. The number of imide groups is 1. The van der Waals surface area contributed by atoms with Crippen LogP contribution in [0.3, 0.4) is 0 Å². The second kappa shape index (κ2) is 6.04. The minimum Gasteiger partial charge on any atom is -0.326 e. The topological polar surface area (TPSA) is 75.3 Å². The summed E-state index contributed by atoms with van der Waals surface area (Å²) in [6.45, 7) is 0. The summed E-state index contributed by atoms with van der Waals surface area (Å²) in [5, 5.41) is 4.63. The van der Waals surface area contributed by atoms with Crippen molar-refractivity contribution in [3.8, 4) is 0 Å². The molecule has 1 aliphatic rings. The second-order valence-electron chi connectivity index (χ2n) is 5.47. The Morgan fingerprint density at radius 2 is 1.72 bits per heavy atom. The SMILES string of the molecule is O=C(Cc1cccc(C(F)(F)F)c1)Nc1ccc2c(c1)C(=O)NC2=O. The van der Waals surface area contributed by atoms with Gasteiger partial charge in [0.1, 0.15) is 0 Å². The fourth-order valence-corrected chi connectivity index (χ4v) is 2.49. The van der Waals surface area contributed by atoms with Crippen LogP contribution in [0.25, 0.3) is 0 Å². The number of nitrogens with one attached hydrogen (secondary N) is 2. The van der Waals surface area contributed by atoms with Crippen molar-refractivity contribution in [2.24, 2.45) is 0 Å². The van der Waals surface area contributed by atoms with Crippen molar-refractivity contribution in [1.29, 1.82) is 0 Å². The number of alkyl halides is 3. The smallest absolute Gasteiger partial charge is 0.326 e. The number of anilines is 1. The molecule has 0 aliphatic carbocycles. The van der Waals surface area contributed by atoms with E-state index >= 15 is 0 Å². The summed E-state index contributed by atoms with van der Waals surface area (Å²) in [4.78, 5) is 35.1. The van der Waals surface area contributed by atoms with Gasteiger partial charge in [-0.2, -0.15) is 13.2 Å². The predicted octanol–water partition coefficient (Wildman–Crippen LogP) is 2.77. The number of carbonyl (C=O) groups is 3. The third kappa shape index (κ3) is 3.52. The number of fused-ring (bicyclic) bond motifs is 1. The van der Waals surface area contributed by atoms with Crippen LogP contribution in [0.2, 0.25) is 0 Å². The van der Waals surface area contributed by atoms with Gasteiger partial charge < -0.3 is 5.32 Å². The number of hydrogen-bond acceptors (Lipinski definition) is 3. The van der Waals surface area contributed by atoms with Crippen molar-refractivity contribution in [1.82, 2.24) is 5.32 Å². The minimum absolute atomic E-state index is 0.141. The maximum atomic E-state index is 12.7. The molecule has 128 valence electrons. The van der Waals surface area contributed by atoms with Gasteiger partial charge in [-0.15, -0.1) is 0 Å². The minimum atomic E-state index is -4.48. The van der Waals surface area contributed by atoms with Crippen LogP contribution in [0.5, 0.6) is 0 Å². The third-order valence-corrected chi connectivity index (χ3v) is 3.64. The number of halogens is 3. The van der Waals surface area contributed by atoms with Gasteiger partial charge in [0, 0.05) is 5.69 Å². The van der Waals surface area contributed by atoms with Crippen LogP contribution in [0.1, 0.15) is 31.8 Å². The highest BCUT2D eigenvalue weighted by Crippen LogP contribution is 2.29. The van der Waals surface area contributed by atoms with E-state index in [1.807, 2.05) is 0 Å². The van der Waals surface area contributed by atoms with Crippen molar-refractivity contribution in [2.75, 3.05) is 5.32 Å². The molecule has 1 aliphatic heterocycles. The van der Waals surface area contributed by atoms with E-state index in [1.54, 1.807) is 0 Å². The zero-order valence-corrected chi connectivity index (χ0v) is 12.6. The van der Waals surface area contributed by atoms with Crippen molar-refractivity contribution in [3.63, 3.8) is 0 Å². The standard InChI is InChI=1S/C17H11F3N2O3/c18-17(19,20)10-3-1-2-9(6-10)7-14(23)21-11-4-5-12-13(8-11)16(25)22-15(12)24/h1-6,8H,7H2,(H,21,23)(H,22,24,25). The van der Waals surface area contributed by atoms with Crippen LogP contribution in [0.15, 0.2) is 42.5 Å².